The van der Waals surface area contributed by atoms with Crippen molar-refractivity contribution in [1.82, 2.24) is 9.97 Å². The molecule has 0 N–H and O–H groups in total. The lowest BCUT2D eigenvalue weighted by Crippen LogP contribution is -2.03. The predicted octanol–water partition coefficient (Wildman–Crippen LogP) is 2.36. The lowest BCUT2D eigenvalue weighted by molar-refractivity contribution is 0.708. The van der Waals surface area contributed by atoms with Crippen LogP contribution in [0.5, 0.6) is 0 Å². The Kier molecular flexibility index (Phi) is 2.30. The summed E-state index contributed by atoms with van der Waals surface area (Å²) in [6.45, 7) is 4.09. The summed E-state index contributed by atoms with van der Waals surface area (Å²) in [7, 11) is 0. The summed E-state index contributed by atoms with van der Waals surface area (Å²) in [6, 6.07) is 0. The molecule has 1 heterocycles. The Morgan fingerprint density at radius 1 is 0.923 bits per heavy atom. The van der Waals surface area contributed by atoms with Crippen LogP contribution in [0.25, 0.3) is 0 Å². The van der Waals surface area contributed by atoms with Gasteiger partial charge in [-0.1, -0.05) is 6.42 Å². The minimum absolute atomic E-state index is 0.929. The van der Waals surface area contributed by atoms with Gasteiger partial charge in [0.1, 0.15) is 5.82 Å². The van der Waals surface area contributed by atoms with Crippen LogP contribution in [0.4, 0.5) is 0 Å². The van der Waals surface area contributed by atoms with E-state index in [2.05, 4.69) is 16.9 Å². The van der Waals surface area contributed by atoms with E-state index < -0.39 is 0 Å². The van der Waals surface area contributed by atoms with Crippen LogP contribution in [-0.4, -0.2) is 9.97 Å². The Hall–Kier alpha value is -0.920. The largest absolute Gasteiger partial charge is 0.238 e. The first-order valence-electron chi connectivity index (χ1n) is 5.10. The first-order valence-corrected chi connectivity index (χ1v) is 5.10. The van der Waals surface area contributed by atoms with Gasteiger partial charge in [-0.15, -0.1) is 0 Å². The number of nitrogens with zero attached hydrogens (tertiary/aromatic N) is 2. The van der Waals surface area contributed by atoms with E-state index in [0.29, 0.717) is 0 Å². The van der Waals surface area contributed by atoms with Crippen molar-refractivity contribution >= 4 is 0 Å². The zero-order chi connectivity index (χ0) is 9.26. The summed E-state index contributed by atoms with van der Waals surface area (Å²) in [5.74, 6) is 0.929. The molecule has 70 valence electrons. The van der Waals surface area contributed by atoms with Gasteiger partial charge in [0.05, 0.1) is 0 Å². The van der Waals surface area contributed by atoms with Crippen molar-refractivity contribution in [3.8, 4) is 0 Å². The van der Waals surface area contributed by atoms with E-state index in [-0.39, 0.29) is 0 Å². The molecule has 0 aromatic carbocycles. The first kappa shape index (κ1) is 8.67. The third kappa shape index (κ3) is 1.71. The molecule has 1 aromatic heterocycles. The van der Waals surface area contributed by atoms with Gasteiger partial charge in [-0.2, -0.15) is 0 Å². The van der Waals surface area contributed by atoms with Gasteiger partial charge in [0.15, 0.2) is 0 Å². The number of aromatic nitrogens is 2. The average molecular weight is 176 g/mol. The third-order valence-electron chi connectivity index (χ3n) is 2.75. The maximum absolute atomic E-state index is 4.52. The molecule has 0 aliphatic heterocycles. The van der Waals surface area contributed by atoms with Crippen LogP contribution in [0.1, 0.15) is 42.0 Å². The van der Waals surface area contributed by atoms with E-state index in [4.69, 9.17) is 0 Å². The lowest BCUT2D eigenvalue weighted by Gasteiger charge is -2.08. The van der Waals surface area contributed by atoms with E-state index in [0.717, 1.165) is 12.2 Å². The SMILES string of the molecule is Cc1nc(C)c2c(n1)CCCCC2. The summed E-state index contributed by atoms with van der Waals surface area (Å²) in [5.41, 5.74) is 3.93. The maximum atomic E-state index is 4.52. The summed E-state index contributed by atoms with van der Waals surface area (Å²) in [5, 5.41) is 0. The van der Waals surface area contributed by atoms with Crippen molar-refractivity contribution in [2.75, 3.05) is 0 Å². The van der Waals surface area contributed by atoms with E-state index in [1.165, 1.54) is 42.6 Å². The van der Waals surface area contributed by atoms with Crippen molar-refractivity contribution in [3.63, 3.8) is 0 Å². The number of fused-ring (bicyclic) bond motifs is 1. The van der Waals surface area contributed by atoms with Crippen LogP contribution in [0.15, 0.2) is 0 Å². The van der Waals surface area contributed by atoms with Crippen molar-refractivity contribution in [3.05, 3.63) is 22.8 Å². The summed E-state index contributed by atoms with van der Waals surface area (Å²) in [4.78, 5) is 8.94. The Morgan fingerprint density at radius 2 is 1.69 bits per heavy atom. The van der Waals surface area contributed by atoms with Gasteiger partial charge in [0.2, 0.25) is 0 Å². The molecule has 1 aliphatic rings. The third-order valence-corrected chi connectivity index (χ3v) is 2.75. The maximum Gasteiger partial charge on any atom is 0.125 e. The smallest absolute Gasteiger partial charge is 0.125 e. The molecule has 0 atom stereocenters. The quantitative estimate of drug-likeness (QED) is 0.567. The van der Waals surface area contributed by atoms with Gasteiger partial charge in [-0.3, -0.25) is 0 Å². The molecule has 2 rings (SSSR count). The van der Waals surface area contributed by atoms with Gasteiger partial charge < -0.3 is 0 Å². The molecule has 0 bridgehead atoms. The van der Waals surface area contributed by atoms with E-state index >= 15 is 0 Å². The number of hydrogen-bond acceptors (Lipinski definition) is 2. The van der Waals surface area contributed by atoms with Crippen LogP contribution in [0.2, 0.25) is 0 Å². The molecule has 2 nitrogen and oxygen atoms in total. The fourth-order valence-corrected chi connectivity index (χ4v) is 2.11. The number of hydrogen-bond donors (Lipinski definition) is 0. The highest BCUT2D eigenvalue weighted by atomic mass is 14.9. The summed E-state index contributed by atoms with van der Waals surface area (Å²) >= 11 is 0. The molecular weight excluding hydrogens is 160 g/mol. The number of rotatable bonds is 0. The molecule has 0 saturated heterocycles. The van der Waals surface area contributed by atoms with Gasteiger partial charge >= 0.3 is 0 Å². The van der Waals surface area contributed by atoms with Crippen LogP contribution in [0.3, 0.4) is 0 Å². The van der Waals surface area contributed by atoms with Crippen LogP contribution < -0.4 is 0 Å². The number of aryl methyl sites for hydroxylation is 3. The van der Waals surface area contributed by atoms with Gasteiger partial charge in [-0.05, 0) is 45.1 Å². The Morgan fingerprint density at radius 3 is 2.54 bits per heavy atom. The van der Waals surface area contributed by atoms with Crippen molar-refractivity contribution in [2.45, 2.75) is 46.0 Å². The standard InChI is InChI=1S/C11H16N2/c1-8-10-6-4-3-5-7-11(10)13-9(2)12-8/h3-7H2,1-2H3. The topological polar surface area (TPSA) is 25.8 Å². The van der Waals surface area contributed by atoms with Crippen molar-refractivity contribution in [2.24, 2.45) is 0 Å². The van der Waals surface area contributed by atoms with Crippen LogP contribution in [-0.2, 0) is 12.8 Å². The minimum Gasteiger partial charge on any atom is -0.238 e. The second-order valence-electron chi connectivity index (χ2n) is 3.84. The first-order chi connectivity index (χ1) is 6.27. The normalized spacial score (nSPS) is 16.5. The molecule has 0 unspecified atom stereocenters. The second-order valence-corrected chi connectivity index (χ2v) is 3.84. The molecule has 13 heavy (non-hydrogen) atoms. The molecular formula is C11H16N2. The zero-order valence-electron chi connectivity index (χ0n) is 8.43. The highest BCUT2D eigenvalue weighted by Gasteiger charge is 2.12. The van der Waals surface area contributed by atoms with Crippen molar-refractivity contribution in [1.29, 1.82) is 0 Å². The Labute approximate surface area is 79.4 Å². The van der Waals surface area contributed by atoms with Crippen molar-refractivity contribution < 1.29 is 0 Å². The fourth-order valence-electron chi connectivity index (χ4n) is 2.11. The predicted molar refractivity (Wildman–Crippen MR) is 52.8 cm³/mol. The highest BCUT2D eigenvalue weighted by molar-refractivity contribution is 5.26. The zero-order valence-corrected chi connectivity index (χ0v) is 8.43. The van der Waals surface area contributed by atoms with Gasteiger partial charge in [0.25, 0.3) is 0 Å². The Balaban J connectivity index is 2.47. The fraction of sp³-hybridized carbons (Fsp3) is 0.636. The van der Waals surface area contributed by atoms with Crippen LogP contribution in [0, 0.1) is 13.8 Å². The molecule has 0 spiro atoms. The molecule has 0 radical (unpaired) electrons. The van der Waals surface area contributed by atoms with E-state index in [9.17, 15) is 0 Å². The monoisotopic (exact) mass is 176 g/mol. The van der Waals surface area contributed by atoms with E-state index in [1.807, 2.05) is 6.92 Å². The van der Waals surface area contributed by atoms with Crippen LogP contribution >= 0.6 is 0 Å². The summed E-state index contributed by atoms with van der Waals surface area (Å²) < 4.78 is 0. The molecule has 0 saturated carbocycles. The Bertz CT molecular complexity index is 318. The molecule has 0 fully saturated rings. The minimum atomic E-state index is 0.929. The molecule has 1 aliphatic carbocycles. The molecule has 1 aromatic rings. The second kappa shape index (κ2) is 3.44. The lowest BCUT2D eigenvalue weighted by atomic mass is 10.1. The van der Waals surface area contributed by atoms with E-state index in [1.54, 1.807) is 0 Å². The highest BCUT2D eigenvalue weighted by Crippen LogP contribution is 2.20. The van der Waals surface area contributed by atoms with Gasteiger partial charge in [0, 0.05) is 11.4 Å². The summed E-state index contributed by atoms with van der Waals surface area (Å²) in [6.07, 6.45) is 6.28. The average Bonchev–Trinajstić information content (AvgIpc) is 2.28. The molecule has 2 heteroatoms. The molecule has 0 amide bonds. The van der Waals surface area contributed by atoms with Gasteiger partial charge in [-0.25, -0.2) is 9.97 Å².